The molecule has 1 aromatic rings. The molecule has 3 unspecified atom stereocenters. The minimum absolute atomic E-state index is 0.00424. The van der Waals surface area contributed by atoms with Crippen LogP contribution in [0.3, 0.4) is 0 Å². The summed E-state index contributed by atoms with van der Waals surface area (Å²) < 4.78 is 29.9. The number of benzene rings is 1. The van der Waals surface area contributed by atoms with Crippen molar-refractivity contribution < 1.29 is 18.6 Å². The minimum Gasteiger partial charge on any atom is -0.491 e. The summed E-state index contributed by atoms with van der Waals surface area (Å²) >= 11 is 0. The van der Waals surface area contributed by atoms with Gasteiger partial charge in [-0.15, -0.1) is 0 Å². The van der Waals surface area contributed by atoms with Gasteiger partial charge < -0.3 is 19.5 Å². The molecule has 1 aliphatic carbocycles. The van der Waals surface area contributed by atoms with E-state index in [4.69, 9.17) is 14.2 Å². The Labute approximate surface area is 119 Å². The fraction of sp³-hybridized carbons (Fsp3) is 0.600. The van der Waals surface area contributed by atoms with Gasteiger partial charge in [0.15, 0.2) is 11.6 Å². The summed E-state index contributed by atoms with van der Waals surface area (Å²) in [4.78, 5) is 0. The summed E-state index contributed by atoms with van der Waals surface area (Å²) in [6.07, 6.45) is 0.987. The Morgan fingerprint density at radius 2 is 2.10 bits per heavy atom. The second-order valence-electron chi connectivity index (χ2n) is 4.76. The van der Waals surface area contributed by atoms with Crippen molar-refractivity contribution in [3.05, 3.63) is 24.0 Å². The predicted molar refractivity (Wildman–Crippen MR) is 75.8 cm³/mol. The molecule has 0 heterocycles. The summed E-state index contributed by atoms with van der Waals surface area (Å²) in [6.45, 7) is 4.93. The lowest BCUT2D eigenvalue weighted by atomic mass is 9.85. The van der Waals surface area contributed by atoms with Crippen LogP contribution in [0.5, 0.6) is 5.75 Å². The Bertz CT molecular complexity index is 441. The van der Waals surface area contributed by atoms with E-state index in [1.807, 2.05) is 19.9 Å². The topological polar surface area (TPSA) is 39.7 Å². The van der Waals surface area contributed by atoms with Crippen molar-refractivity contribution in [2.75, 3.05) is 25.6 Å². The third kappa shape index (κ3) is 3.22. The average Bonchev–Trinajstić information content (AvgIpc) is 2.41. The van der Waals surface area contributed by atoms with Crippen LogP contribution in [0.25, 0.3) is 0 Å². The molecule has 0 aliphatic heterocycles. The van der Waals surface area contributed by atoms with Crippen molar-refractivity contribution in [1.29, 1.82) is 0 Å². The normalized spacial score (nSPS) is 25.1. The van der Waals surface area contributed by atoms with Gasteiger partial charge in [0.05, 0.1) is 18.8 Å². The molecule has 0 amide bonds. The van der Waals surface area contributed by atoms with Crippen LogP contribution in [0.15, 0.2) is 18.2 Å². The standard InChI is InChI=1S/C15H22FNO3/c1-4-19-13-7-6-10(8-11(13)16)17-12-9-14(20-5-2)15(12)18-3/h6-8,12,14-15,17H,4-5,9H2,1-3H3. The van der Waals surface area contributed by atoms with Crippen molar-refractivity contribution in [2.24, 2.45) is 0 Å². The van der Waals surface area contributed by atoms with Crippen molar-refractivity contribution in [1.82, 2.24) is 0 Å². The smallest absolute Gasteiger partial charge is 0.167 e. The molecule has 1 aromatic carbocycles. The molecule has 5 heteroatoms. The quantitative estimate of drug-likeness (QED) is 0.835. The number of hydrogen-bond acceptors (Lipinski definition) is 4. The lowest BCUT2D eigenvalue weighted by Crippen LogP contribution is -2.56. The molecule has 4 nitrogen and oxygen atoms in total. The second kappa shape index (κ2) is 6.90. The fourth-order valence-corrected chi connectivity index (χ4v) is 2.49. The summed E-state index contributed by atoms with van der Waals surface area (Å²) in [5.41, 5.74) is 0.730. The predicted octanol–water partition coefficient (Wildman–Crippen LogP) is 2.83. The van der Waals surface area contributed by atoms with E-state index in [0.717, 1.165) is 12.1 Å². The largest absolute Gasteiger partial charge is 0.491 e. The minimum atomic E-state index is -0.355. The van der Waals surface area contributed by atoms with Crippen LogP contribution in [0.2, 0.25) is 0 Å². The van der Waals surface area contributed by atoms with Crippen molar-refractivity contribution in [3.8, 4) is 5.75 Å². The van der Waals surface area contributed by atoms with Gasteiger partial charge in [0, 0.05) is 25.5 Å². The molecule has 0 bridgehead atoms. The number of halogens is 1. The average molecular weight is 283 g/mol. The lowest BCUT2D eigenvalue weighted by Gasteiger charge is -2.43. The van der Waals surface area contributed by atoms with Crippen LogP contribution in [0.1, 0.15) is 20.3 Å². The number of nitrogens with one attached hydrogen (secondary N) is 1. The Hall–Kier alpha value is -1.33. The molecule has 0 saturated heterocycles. The maximum Gasteiger partial charge on any atom is 0.167 e. The van der Waals surface area contributed by atoms with Gasteiger partial charge >= 0.3 is 0 Å². The highest BCUT2D eigenvalue weighted by molar-refractivity contribution is 5.48. The van der Waals surface area contributed by atoms with Gasteiger partial charge in [-0.2, -0.15) is 0 Å². The molecule has 2 rings (SSSR count). The highest BCUT2D eigenvalue weighted by Crippen LogP contribution is 2.31. The SMILES string of the molecule is CCOc1ccc(NC2CC(OCC)C2OC)cc1F. The molecule has 3 atom stereocenters. The molecular weight excluding hydrogens is 261 g/mol. The lowest BCUT2D eigenvalue weighted by molar-refractivity contribution is -0.118. The third-order valence-corrected chi connectivity index (χ3v) is 3.49. The Balaban J connectivity index is 1.95. The molecular formula is C15H22FNO3. The first-order valence-corrected chi connectivity index (χ1v) is 7.02. The van der Waals surface area contributed by atoms with E-state index in [9.17, 15) is 4.39 Å². The van der Waals surface area contributed by atoms with Crippen molar-refractivity contribution in [2.45, 2.75) is 38.5 Å². The van der Waals surface area contributed by atoms with E-state index in [1.165, 1.54) is 6.07 Å². The van der Waals surface area contributed by atoms with E-state index >= 15 is 0 Å². The molecule has 112 valence electrons. The molecule has 1 saturated carbocycles. The third-order valence-electron chi connectivity index (χ3n) is 3.49. The first-order valence-electron chi connectivity index (χ1n) is 7.02. The van der Waals surface area contributed by atoms with Gasteiger partial charge in [0.25, 0.3) is 0 Å². The Morgan fingerprint density at radius 3 is 2.70 bits per heavy atom. The Morgan fingerprint density at radius 1 is 1.30 bits per heavy atom. The van der Waals surface area contributed by atoms with Crippen molar-refractivity contribution in [3.63, 3.8) is 0 Å². The second-order valence-corrected chi connectivity index (χ2v) is 4.76. The molecule has 0 radical (unpaired) electrons. The van der Waals surface area contributed by atoms with Gasteiger partial charge in [-0.25, -0.2) is 4.39 Å². The van der Waals surface area contributed by atoms with Crippen LogP contribution in [0.4, 0.5) is 10.1 Å². The summed E-state index contributed by atoms with van der Waals surface area (Å²) in [7, 11) is 1.67. The zero-order valence-electron chi connectivity index (χ0n) is 12.2. The van der Waals surface area contributed by atoms with Crippen LogP contribution >= 0.6 is 0 Å². The van der Waals surface area contributed by atoms with Gasteiger partial charge in [-0.3, -0.25) is 0 Å². The molecule has 1 aliphatic rings. The number of methoxy groups -OCH3 is 1. The molecule has 0 spiro atoms. The number of ether oxygens (including phenoxy) is 3. The monoisotopic (exact) mass is 283 g/mol. The van der Waals surface area contributed by atoms with Gasteiger partial charge in [-0.05, 0) is 32.4 Å². The Kier molecular flexibility index (Phi) is 5.20. The maximum atomic E-state index is 13.8. The van der Waals surface area contributed by atoms with E-state index in [0.29, 0.717) is 13.2 Å². The van der Waals surface area contributed by atoms with Crippen LogP contribution < -0.4 is 10.1 Å². The zero-order valence-corrected chi connectivity index (χ0v) is 12.2. The van der Waals surface area contributed by atoms with E-state index in [2.05, 4.69) is 5.32 Å². The molecule has 0 aromatic heterocycles. The van der Waals surface area contributed by atoms with Gasteiger partial charge in [0.1, 0.15) is 6.10 Å². The van der Waals surface area contributed by atoms with Gasteiger partial charge in [0.2, 0.25) is 0 Å². The van der Waals surface area contributed by atoms with Crippen LogP contribution in [-0.4, -0.2) is 38.6 Å². The van der Waals surface area contributed by atoms with Crippen LogP contribution in [-0.2, 0) is 9.47 Å². The zero-order chi connectivity index (χ0) is 14.5. The molecule has 1 fully saturated rings. The fourth-order valence-electron chi connectivity index (χ4n) is 2.49. The molecule has 1 N–H and O–H groups in total. The number of anilines is 1. The number of hydrogen-bond donors (Lipinski definition) is 1. The first kappa shape index (κ1) is 15.1. The van der Waals surface area contributed by atoms with Crippen molar-refractivity contribution >= 4 is 5.69 Å². The number of rotatable bonds is 7. The highest BCUT2D eigenvalue weighted by Gasteiger charge is 2.42. The maximum absolute atomic E-state index is 13.8. The van der Waals surface area contributed by atoms with E-state index in [1.54, 1.807) is 13.2 Å². The molecule has 20 heavy (non-hydrogen) atoms. The van der Waals surface area contributed by atoms with E-state index in [-0.39, 0.29) is 29.8 Å². The van der Waals surface area contributed by atoms with E-state index < -0.39 is 0 Å². The highest BCUT2D eigenvalue weighted by atomic mass is 19.1. The summed E-state index contributed by atoms with van der Waals surface area (Å²) in [5.74, 6) is -0.0753. The van der Waals surface area contributed by atoms with Crippen LogP contribution in [0, 0.1) is 5.82 Å². The first-order chi connectivity index (χ1) is 9.69. The summed E-state index contributed by atoms with van der Waals surface area (Å²) in [5, 5.41) is 3.28. The summed E-state index contributed by atoms with van der Waals surface area (Å²) in [6, 6.07) is 5.05. The van der Waals surface area contributed by atoms with Gasteiger partial charge in [-0.1, -0.05) is 0 Å².